The van der Waals surface area contributed by atoms with Gasteiger partial charge in [-0.1, -0.05) is 24.3 Å². The lowest BCUT2D eigenvalue weighted by Gasteiger charge is -2.25. The van der Waals surface area contributed by atoms with E-state index < -0.39 is 0 Å². The maximum absolute atomic E-state index is 10.7. The highest BCUT2D eigenvalue weighted by Crippen LogP contribution is 2.25. The number of benzene rings is 1. The normalized spacial score (nSPS) is 22.7. The minimum atomic E-state index is 0.0222. The molecular formula is C8H7O3-. The van der Waals surface area contributed by atoms with E-state index in [0.717, 1.165) is 5.56 Å². The van der Waals surface area contributed by atoms with Crippen LogP contribution in [-0.4, -0.2) is 6.61 Å². The third-order valence-electron chi connectivity index (χ3n) is 1.66. The fraction of sp³-hybridized carbons (Fsp3) is 0.250. The molecule has 0 spiro atoms. The van der Waals surface area contributed by atoms with Crippen LogP contribution in [0.3, 0.4) is 0 Å². The van der Waals surface area contributed by atoms with Gasteiger partial charge in [-0.05, 0) is 5.56 Å². The molecule has 58 valence electrons. The third-order valence-corrected chi connectivity index (χ3v) is 1.66. The van der Waals surface area contributed by atoms with Crippen molar-refractivity contribution in [1.29, 1.82) is 0 Å². The molecule has 11 heavy (non-hydrogen) atoms. The second-order valence-corrected chi connectivity index (χ2v) is 2.44. The van der Waals surface area contributed by atoms with Gasteiger partial charge in [0.25, 0.3) is 0 Å². The van der Waals surface area contributed by atoms with E-state index in [4.69, 9.17) is 4.89 Å². The van der Waals surface area contributed by atoms with E-state index >= 15 is 0 Å². The Morgan fingerprint density at radius 3 is 2.36 bits per heavy atom. The van der Waals surface area contributed by atoms with Crippen molar-refractivity contribution in [2.24, 2.45) is 0 Å². The molecule has 2 rings (SSSR count). The van der Waals surface area contributed by atoms with E-state index in [0.29, 0.717) is 6.61 Å². The van der Waals surface area contributed by atoms with Gasteiger partial charge in [-0.3, -0.25) is 0 Å². The van der Waals surface area contributed by atoms with Gasteiger partial charge in [0.2, 0.25) is 0 Å². The molecule has 0 amide bonds. The van der Waals surface area contributed by atoms with Gasteiger partial charge in [-0.2, -0.15) is 0 Å². The van der Waals surface area contributed by atoms with Crippen molar-refractivity contribution in [3.05, 3.63) is 29.8 Å². The third kappa shape index (κ3) is 1.20. The Morgan fingerprint density at radius 2 is 1.91 bits per heavy atom. The zero-order valence-corrected chi connectivity index (χ0v) is 5.82. The summed E-state index contributed by atoms with van der Waals surface area (Å²) in [5, 5.41) is 10.7. The van der Waals surface area contributed by atoms with Gasteiger partial charge in [0.15, 0.2) is 0 Å². The van der Waals surface area contributed by atoms with Crippen molar-refractivity contribution in [3.8, 4) is 5.75 Å². The summed E-state index contributed by atoms with van der Waals surface area (Å²) in [6.07, 6.45) is 0.0237. The summed E-state index contributed by atoms with van der Waals surface area (Å²) in [6.45, 7) is 0.582. The van der Waals surface area contributed by atoms with Crippen LogP contribution in [0.4, 0.5) is 0 Å². The molecule has 1 atom stereocenters. The van der Waals surface area contributed by atoms with Gasteiger partial charge >= 0.3 is 0 Å². The Balaban J connectivity index is 2.18. The zero-order chi connectivity index (χ0) is 7.68. The first kappa shape index (κ1) is 6.64. The van der Waals surface area contributed by atoms with E-state index in [2.05, 4.69) is 4.89 Å². The molecule has 1 aromatic rings. The number of hydrogen-bond acceptors (Lipinski definition) is 3. The molecule has 1 heterocycles. The Morgan fingerprint density at radius 1 is 1.27 bits per heavy atom. The maximum Gasteiger partial charge on any atom is 0.144 e. The van der Waals surface area contributed by atoms with Gasteiger partial charge in [-0.15, -0.1) is 5.75 Å². The molecule has 3 heteroatoms. The molecular weight excluding hydrogens is 144 g/mol. The number of rotatable bonds is 1. The molecule has 1 aromatic carbocycles. The van der Waals surface area contributed by atoms with E-state index in [1.807, 2.05) is 0 Å². The smallest absolute Gasteiger partial charge is 0.144 e. The Hall–Kier alpha value is -1.06. The summed E-state index contributed by atoms with van der Waals surface area (Å²) in [4.78, 5) is 9.30. The van der Waals surface area contributed by atoms with E-state index in [-0.39, 0.29) is 11.9 Å². The van der Waals surface area contributed by atoms with E-state index in [1.54, 1.807) is 12.1 Å². The first-order valence-corrected chi connectivity index (χ1v) is 3.41. The zero-order valence-electron chi connectivity index (χ0n) is 5.82. The van der Waals surface area contributed by atoms with Crippen LogP contribution in [0.1, 0.15) is 11.7 Å². The quantitative estimate of drug-likeness (QED) is 0.556. The predicted octanol–water partition coefficient (Wildman–Crippen LogP) is 0.763. The van der Waals surface area contributed by atoms with Gasteiger partial charge in [0.05, 0.1) is 0 Å². The van der Waals surface area contributed by atoms with Gasteiger partial charge in [0, 0.05) is 0 Å². The summed E-state index contributed by atoms with van der Waals surface area (Å²) in [5.41, 5.74) is 0.996. The Labute approximate surface area is 64.1 Å². The lowest BCUT2D eigenvalue weighted by atomic mass is 10.1. The average molecular weight is 151 g/mol. The molecule has 1 aliphatic heterocycles. The van der Waals surface area contributed by atoms with Crippen LogP contribution >= 0.6 is 0 Å². The van der Waals surface area contributed by atoms with Gasteiger partial charge in [-0.25, -0.2) is 9.78 Å². The first-order chi connectivity index (χ1) is 5.36. The molecule has 0 saturated carbocycles. The van der Waals surface area contributed by atoms with E-state index in [1.165, 1.54) is 12.1 Å². The molecule has 0 bridgehead atoms. The van der Waals surface area contributed by atoms with Crippen LogP contribution in [0.2, 0.25) is 0 Å². The second kappa shape index (κ2) is 2.53. The summed E-state index contributed by atoms with van der Waals surface area (Å²) < 4.78 is 0. The fourth-order valence-corrected chi connectivity index (χ4v) is 0.970. The molecule has 1 unspecified atom stereocenters. The summed E-state index contributed by atoms with van der Waals surface area (Å²) in [7, 11) is 0. The lowest BCUT2D eigenvalue weighted by Crippen LogP contribution is -2.22. The van der Waals surface area contributed by atoms with Crippen LogP contribution in [0, 0.1) is 0 Å². The van der Waals surface area contributed by atoms with Crippen molar-refractivity contribution in [2.45, 2.75) is 6.10 Å². The van der Waals surface area contributed by atoms with E-state index in [9.17, 15) is 5.11 Å². The molecule has 0 radical (unpaired) electrons. The Bertz CT molecular complexity index is 238. The maximum atomic E-state index is 10.7. The summed E-state index contributed by atoms with van der Waals surface area (Å²) in [6, 6.07) is 6.57. The lowest BCUT2D eigenvalue weighted by molar-refractivity contribution is -0.429. The monoisotopic (exact) mass is 151 g/mol. The van der Waals surface area contributed by atoms with Crippen LogP contribution in [-0.2, 0) is 9.78 Å². The van der Waals surface area contributed by atoms with Crippen molar-refractivity contribution in [2.75, 3.05) is 6.61 Å². The standard InChI is InChI=1S/C8H8O3/c9-7-3-1-6(2-4-7)8-5-10-11-8/h1-4,8-9H,5H2/p-1. The number of hydrogen-bond donors (Lipinski definition) is 0. The average Bonchev–Trinajstić information content (AvgIpc) is 1.90. The molecule has 0 N–H and O–H groups in total. The molecule has 1 fully saturated rings. The summed E-state index contributed by atoms with van der Waals surface area (Å²) in [5.74, 6) is 0.0222. The van der Waals surface area contributed by atoms with Crippen molar-refractivity contribution < 1.29 is 14.9 Å². The topological polar surface area (TPSA) is 41.5 Å². The van der Waals surface area contributed by atoms with Crippen molar-refractivity contribution in [3.63, 3.8) is 0 Å². The summed E-state index contributed by atoms with van der Waals surface area (Å²) >= 11 is 0. The first-order valence-electron chi connectivity index (χ1n) is 3.41. The molecule has 0 aliphatic carbocycles. The molecule has 3 nitrogen and oxygen atoms in total. The molecule has 1 aliphatic rings. The van der Waals surface area contributed by atoms with Crippen LogP contribution in [0.25, 0.3) is 0 Å². The highest BCUT2D eigenvalue weighted by Gasteiger charge is 2.21. The minimum absolute atomic E-state index is 0.0222. The minimum Gasteiger partial charge on any atom is -0.872 e. The van der Waals surface area contributed by atoms with Crippen LogP contribution in [0.15, 0.2) is 24.3 Å². The van der Waals surface area contributed by atoms with Crippen molar-refractivity contribution in [1.82, 2.24) is 0 Å². The van der Waals surface area contributed by atoms with Gasteiger partial charge in [0.1, 0.15) is 12.7 Å². The highest BCUT2D eigenvalue weighted by atomic mass is 17.2. The van der Waals surface area contributed by atoms with Crippen LogP contribution < -0.4 is 5.11 Å². The fourth-order valence-electron chi connectivity index (χ4n) is 0.970. The van der Waals surface area contributed by atoms with Crippen LogP contribution in [0.5, 0.6) is 5.75 Å². The highest BCUT2D eigenvalue weighted by molar-refractivity contribution is 5.26. The SMILES string of the molecule is [O-]c1ccc(C2COO2)cc1. The molecule has 1 saturated heterocycles. The van der Waals surface area contributed by atoms with Gasteiger partial charge < -0.3 is 5.11 Å². The largest absolute Gasteiger partial charge is 0.872 e. The van der Waals surface area contributed by atoms with Crippen molar-refractivity contribution >= 4 is 0 Å². The molecule has 0 aromatic heterocycles. The second-order valence-electron chi connectivity index (χ2n) is 2.44. The predicted molar refractivity (Wildman–Crippen MR) is 35.7 cm³/mol. The Kier molecular flexibility index (Phi) is 1.52.